The van der Waals surface area contributed by atoms with Crippen LogP contribution in [0, 0.1) is 0 Å². The van der Waals surface area contributed by atoms with Crippen LogP contribution >= 0.6 is 0 Å². The van der Waals surface area contributed by atoms with Gasteiger partial charge in [0.15, 0.2) is 0 Å². The minimum absolute atomic E-state index is 0.174. The molecule has 2 amide bonds. The third-order valence-corrected chi connectivity index (χ3v) is 8.36. The highest BCUT2D eigenvalue weighted by Gasteiger charge is 2.49. The van der Waals surface area contributed by atoms with Crippen LogP contribution in [0.4, 0.5) is 4.79 Å². The Hall–Kier alpha value is -3.95. The minimum atomic E-state index is -0.888. The Morgan fingerprint density at radius 1 is 0.854 bits per heavy atom. The van der Waals surface area contributed by atoms with Gasteiger partial charge in [-0.25, -0.2) is 9.69 Å². The Labute approximate surface area is 240 Å². The lowest BCUT2D eigenvalue weighted by Crippen LogP contribution is -2.74. The van der Waals surface area contributed by atoms with Gasteiger partial charge in [-0.3, -0.25) is 4.90 Å². The second-order valence-corrected chi connectivity index (χ2v) is 11.0. The first-order valence-corrected chi connectivity index (χ1v) is 14.2. The first-order valence-electron chi connectivity index (χ1n) is 14.2. The summed E-state index contributed by atoms with van der Waals surface area (Å²) in [5.41, 5.74) is 3.03. The lowest BCUT2D eigenvalue weighted by Gasteiger charge is -2.56. The number of piperazine rings is 1. The maximum absolute atomic E-state index is 13.6. The first-order chi connectivity index (χ1) is 20.0. The molecule has 0 radical (unpaired) electrons. The summed E-state index contributed by atoms with van der Waals surface area (Å²) in [5, 5.41) is 38.2. The number of aromatic hydroxyl groups is 1. The molecule has 0 aliphatic carbocycles. The SMILES string of the molecule is O=C(NCc1ccccc1)N1CCC(O)N2[C@@H]1CN(Cc1cccc3ccccc13)C(O)[C@@H]2Cc1ccc(O)cc1. The van der Waals surface area contributed by atoms with E-state index in [-0.39, 0.29) is 11.8 Å². The number of aliphatic hydroxyl groups excluding tert-OH is 2. The molecule has 2 unspecified atom stereocenters. The van der Waals surface area contributed by atoms with Crippen molar-refractivity contribution in [2.24, 2.45) is 0 Å². The van der Waals surface area contributed by atoms with Crippen molar-refractivity contribution < 1.29 is 20.1 Å². The number of carbonyl (C=O) groups is 1. The van der Waals surface area contributed by atoms with E-state index < -0.39 is 24.7 Å². The molecule has 0 saturated carbocycles. The van der Waals surface area contributed by atoms with Crippen LogP contribution in [-0.4, -0.2) is 73.8 Å². The van der Waals surface area contributed by atoms with E-state index in [9.17, 15) is 20.1 Å². The summed E-state index contributed by atoms with van der Waals surface area (Å²) >= 11 is 0. The molecule has 8 nitrogen and oxygen atoms in total. The van der Waals surface area contributed by atoms with Crippen molar-refractivity contribution in [2.45, 2.75) is 50.6 Å². The molecule has 212 valence electrons. The van der Waals surface area contributed by atoms with E-state index in [0.29, 0.717) is 39.0 Å². The van der Waals surface area contributed by atoms with Gasteiger partial charge in [0.2, 0.25) is 0 Å². The second kappa shape index (κ2) is 11.9. The molecule has 0 bridgehead atoms. The second-order valence-electron chi connectivity index (χ2n) is 11.0. The topological polar surface area (TPSA) is 99.5 Å². The molecule has 2 saturated heterocycles. The van der Waals surface area contributed by atoms with Gasteiger partial charge in [0.1, 0.15) is 24.4 Å². The molecule has 2 fully saturated rings. The van der Waals surface area contributed by atoms with E-state index in [4.69, 9.17) is 0 Å². The quantitative estimate of drug-likeness (QED) is 0.290. The largest absolute Gasteiger partial charge is 0.508 e. The van der Waals surface area contributed by atoms with Gasteiger partial charge in [-0.05, 0) is 46.0 Å². The number of hydrogen-bond donors (Lipinski definition) is 4. The molecule has 0 aromatic heterocycles. The van der Waals surface area contributed by atoms with E-state index in [2.05, 4.69) is 29.6 Å². The highest BCUT2D eigenvalue weighted by atomic mass is 16.3. The van der Waals surface area contributed by atoms with Crippen molar-refractivity contribution in [3.63, 3.8) is 0 Å². The number of phenols is 1. The Morgan fingerprint density at radius 3 is 2.39 bits per heavy atom. The fourth-order valence-corrected chi connectivity index (χ4v) is 6.27. The van der Waals surface area contributed by atoms with E-state index >= 15 is 0 Å². The summed E-state index contributed by atoms with van der Waals surface area (Å²) in [6.07, 6.45) is -1.29. The summed E-state index contributed by atoms with van der Waals surface area (Å²) < 4.78 is 0. The van der Waals surface area contributed by atoms with E-state index in [0.717, 1.165) is 27.5 Å². The lowest BCUT2D eigenvalue weighted by molar-refractivity contribution is -0.213. The van der Waals surface area contributed by atoms with Crippen molar-refractivity contribution in [3.05, 3.63) is 114 Å². The molecular weight excluding hydrogens is 516 g/mol. The first kappa shape index (κ1) is 27.2. The Bertz CT molecular complexity index is 1480. The van der Waals surface area contributed by atoms with Crippen LogP contribution in [0.25, 0.3) is 10.8 Å². The van der Waals surface area contributed by atoms with Gasteiger partial charge in [0.25, 0.3) is 0 Å². The van der Waals surface area contributed by atoms with E-state index in [1.54, 1.807) is 17.0 Å². The van der Waals surface area contributed by atoms with Gasteiger partial charge in [0, 0.05) is 32.6 Å². The number of rotatable bonds is 6. The van der Waals surface area contributed by atoms with Crippen molar-refractivity contribution in [3.8, 4) is 5.75 Å². The zero-order valence-electron chi connectivity index (χ0n) is 22.9. The van der Waals surface area contributed by atoms with Crippen LogP contribution in [0.15, 0.2) is 97.1 Å². The number of nitrogens with zero attached hydrogens (tertiary/aromatic N) is 3. The molecular formula is C33H36N4O4. The predicted octanol–water partition coefficient (Wildman–Crippen LogP) is 3.85. The molecule has 2 heterocycles. The van der Waals surface area contributed by atoms with Crippen LogP contribution < -0.4 is 5.32 Å². The summed E-state index contributed by atoms with van der Waals surface area (Å²) in [4.78, 5) is 19.3. The molecule has 4 atom stereocenters. The third-order valence-electron chi connectivity index (χ3n) is 8.36. The Kier molecular flexibility index (Phi) is 7.89. The number of nitrogens with one attached hydrogen (secondary N) is 1. The number of amides is 2. The Balaban J connectivity index is 1.31. The van der Waals surface area contributed by atoms with Gasteiger partial charge < -0.3 is 25.5 Å². The van der Waals surface area contributed by atoms with E-state index in [1.807, 2.05) is 70.5 Å². The smallest absolute Gasteiger partial charge is 0.318 e. The molecule has 0 spiro atoms. The predicted molar refractivity (Wildman–Crippen MR) is 158 cm³/mol. The van der Waals surface area contributed by atoms with Gasteiger partial charge in [-0.2, -0.15) is 0 Å². The summed E-state index contributed by atoms with van der Waals surface area (Å²) in [6.45, 7) is 1.69. The monoisotopic (exact) mass is 552 g/mol. The maximum atomic E-state index is 13.6. The van der Waals surface area contributed by atoms with Crippen LogP contribution in [0.2, 0.25) is 0 Å². The fourth-order valence-electron chi connectivity index (χ4n) is 6.27. The standard InChI is InChI=1S/C33H36N4O4/c38-27-15-13-23(14-16-27)19-29-32(40)35(21-26-11-6-10-25-9-4-5-12-28(25)26)22-30-36(18-17-31(39)37(29)30)33(41)34-20-24-7-2-1-3-8-24/h1-16,29-32,38-40H,17-22H2,(H,34,41)/t29-,30+,31?,32?/m0/s1. The van der Waals surface area contributed by atoms with Crippen molar-refractivity contribution in [1.82, 2.24) is 20.0 Å². The van der Waals surface area contributed by atoms with Crippen LogP contribution in [0.3, 0.4) is 0 Å². The van der Waals surface area contributed by atoms with Crippen LogP contribution in [0.1, 0.15) is 23.1 Å². The van der Waals surface area contributed by atoms with Gasteiger partial charge in [-0.15, -0.1) is 0 Å². The lowest BCUT2D eigenvalue weighted by atomic mass is 9.95. The summed E-state index contributed by atoms with van der Waals surface area (Å²) in [6, 6.07) is 30.4. The zero-order chi connectivity index (χ0) is 28.3. The average Bonchev–Trinajstić information content (AvgIpc) is 3.00. The van der Waals surface area contributed by atoms with Crippen LogP contribution in [-0.2, 0) is 19.5 Å². The molecule has 4 N–H and O–H groups in total. The van der Waals surface area contributed by atoms with Gasteiger partial charge in [0.05, 0.1) is 6.04 Å². The number of carbonyl (C=O) groups excluding carboxylic acids is 1. The van der Waals surface area contributed by atoms with Crippen molar-refractivity contribution >= 4 is 16.8 Å². The number of benzene rings is 4. The molecule has 2 aliphatic rings. The molecule has 6 rings (SSSR count). The van der Waals surface area contributed by atoms with Gasteiger partial charge in [-0.1, -0.05) is 84.9 Å². The summed E-state index contributed by atoms with van der Waals surface area (Å²) in [7, 11) is 0. The van der Waals surface area contributed by atoms with Crippen LogP contribution in [0.5, 0.6) is 5.75 Å². The number of fused-ring (bicyclic) bond motifs is 2. The fraction of sp³-hybridized carbons (Fsp3) is 0.303. The maximum Gasteiger partial charge on any atom is 0.318 e. The highest BCUT2D eigenvalue weighted by molar-refractivity contribution is 5.85. The molecule has 41 heavy (non-hydrogen) atoms. The Morgan fingerprint density at radius 2 is 1.59 bits per heavy atom. The minimum Gasteiger partial charge on any atom is -0.508 e. The zero-order valence-corrected chi connectivity index (χ0v) is 22.9. The number of hydrogen-bond acceptors (Lipinski definition) is 6. The molecule has 4 aromatic carbocycles. The summed E-state index contributed by atoms with van der Waals surface area (Å²) in [5.74, 6) is 0.174. The van der Waals surface area contributed by atoms with Crippen molar-refractivity contribution in [1.29, 1.82) is 0 Å². The normalized spacial score (nSPS) is 23.3. The van der Waals surface area contributed by atoms with E-state index in [1.165, 1.54) is 0 Å². The van der Waals surface area contributed by atoms with Crippen molar-refractivity contribution in [2.75, 3.05) is 13.1 Å². The average molecular weight is 553 g/mol. The highest BCUT2D eigenvalue weighted by Crippen LogP contribution is 2.33. The number of urea groups is 1. The third kappa shape index (κ3) is 5.78. The van der Waals surface area contributed by atoms with Gasteiger partial charge >= 0.3 is 6.03 Å². The molecule has 4 aromatic rings. The molecule has 8 heteroatoms. The molecule has 2 aliphatic heterocycles. The number of phenolic OH excluding ortho intramolecular Hbond substituents is 1. The number of aliphatic hydroxyl groups is 2.